The Morgan fingerprint density at radius 1 is 1.40 bits per heavy atom. The van der Waals surface area contributed by atoms with E-state index in [0.29, 0.717) is 5.92 Å². The van der Waals surface area contributed by atoms with Crippen LogP contribution in [0, 0.1) is 0 Å². The zero-order valence-electron chi connectivity index (χ0n) is 10.7. The van der Waals surface area contributed by atoms with Gasteiger partial charge in [0.15, 0.2) is 0 Å². The van der Waals surface area contributed by atoms with Crippen molar-refractivity contribution in [2.45, 2.75) is 65.3 Å². The molecule has 86 valence electrons. The molecule has 0 fully saturated rings. The summed E-state index contributed by atoms with van der Waals surface area (Å²) in [5.41, 5.74) is 1.57. The van der Waals surface area contributed by atoms with E-state index in [1.807, 2.05) is 12.5 Å². The van der Waals surface area contributed by atoms with E-state index in [-0.39, 0.29) is 5.54 Å². The zero-order chi connectivity index (χ0) is 11.5. The Bertz CT molecular complexity index is 299. The van der Waals surface area contributed by atoms with Gasteiger partial charge in [-0.25, -0.2) is 4.98 Å². The topological polar surface area (TPSA) is 17.8 Å². The molecule has 1 atom stereocenters. The van der Waals surface area contributed by atoms with Gasteiger partial charge >= 0.3 is 0 Å². The minimum atomic E-state index is 0.198. The summed E-state index contributed by atoms with van der Waals surface area (Å²) in [4.78, 5) is 4.30. The summed E-state index contributed by atoms with van der Waals surface area (Å²) in [6.07, 6.45) is 7.59. The summed E-state index contributed by atoms with van der Waals surface area (Å²) in [6, 6.07) is 0. The van der Waals surface area contributed by atoms with Crippen molar-refractivity contribution in [3.8, 4) is 0 Å². The Balaban J connectivity index is 2.98. The van der Waals surface area contributed by atoms with Gasteiger partial charge in [-0.1, -0.05) is 27.2 Å². The lowest BCUT2D eigenvalue weighted by molar-refractivity contribution is 0.310. The van der Waals surface area contributed by atoms with E-state index in [9.17, 15) is 0 Å². The average molecular weight is 208 g/mol. The van der Waals surface area contributed by atoms with Crippen molar-refractivity contribution < 1.29 is 0 Å². The molecular formula is C13H24N2. The molecule has 15 heavy (non-hydrogen) atoms. The molecule has 2 nitrogen and oxygen atoms in total. The molecule has 0 saturated heterocycles. The van der Waals surface area contributed by atoms with Crippen molar-refractivity contribution in [2.75, 3.05) is 0 Å². The normalized spacial score (nSPS) is 14.2. The molecule has 1 rings (SSSR count). The van der Waals surface area contributed by atoms with Crippen LogP contribution in [0.5, 0.6) is 0 Å². The van der Waals surface area contributed by atoms with E-state index in [1.165, 1.54) is 25.0 Å². The highest BCUT2D eigenvalue weighted by atomic mass is 15.1. The van der Waals surface area contributed by atoms with Gasteiger partial charge < -0.3 is 4.57 Å². The second-order valence-corrected chi connectivity index (χ2v) is 5.06. The molecule has 0 aromatic carbocycles. The summed E-state index contributed by atoms with van der Waals surface area (Å²) in [5, 5.41) is 0. The van der Waals surface area contributed by atoms with Crippen LogP contribution in [-0.2, 0) is 5.54 Å². The number of rotatable bonds is 5. The van der Waals surface area contributed by atoms with Crippen LogP contribution < -0.4 is 0 Å². The Hall–Kier alpha value is -0.790. The number of nitrogens with zero attached hydrogens (tertiary/aromatic N) is 2. The second kappa shape index (κ2) is 4.82. The van der Waals surface area contributed by atoms with Crippen molar-refractivity contribution in [1.29, 1.82) is 0 Å². The van der Waals surface area contributed by atoms with Crippen molar-refractivity contribution in [3.63, 3.8) is 0 Å². The first-order chi connectivity index (χ1) is 7.03. The Morgan fingerprint density at radius 2 is 2.07 bits per heavy atom. The molecule has 1 heterocycles. The third-order valence-electron chi connectivity index (χ3n) is 3.30. The molecule has 0 bridgehead atoms. The maximum atomic E-state index is 4.30. The molecule has 0 radical (unpaired) electrons. The standard InChI is InChI=1S/C13H24N2/c1-6-8-13(4,5)15-10-14-9-12(15)11(3)7-2/h9-11H,6-8H2,1-5H3. The number of hydrogen-bond acceptors (Lipinski definition) is 1. The van der Waals surface area contributed by atoms with Gasteiger partial charge in [0, 0.05) is 17.4 Å². The maximum Gasteiger partial charge on any atom is 0.0953 e. The Kier molecular flexibility index (Phi) is 3.95. The fourth-order valence-corrected chi connectivity index (χ4v) is 2.12. The Labute approximate surface area is 93.7 Å². The van der Waals surface area contributed by atoms with Gasteiger partial charge in [0.2, 0.25) is 0 Å². The highest BCUT2D eigenvalue weighted by Crippen LogP contribution is 2.28. The maximum absolute atomic E-state index is 4.30. The Morgan fingerprint density at radius 3 is 2.60 bits per heavy atom. The predicted octanol–water partition coefficient (Wildman–Crippen LogP) is 3.93. The van der Waals surface area contributed by atoms with Gasteiger partial charge in [-0.2, -0.15) is 0 Å². The van der Waals surface area contributed by atoms with E-state index in [1.54, 1.807) is 0 Å². The molecule has 1 unspecified atom stereocenters. The monoisotopic (exact) mass is 208 g/mol. The van der Waals surface area contributed by atoms with Crippen LogP contribution in [-0.4, -0.2) is 9.55 Å². The van der Waals surface area contributed by atoms with Crippen molar-refractivity contribution >= 4 is 0 Å². The summed E-state index contributed by atoms with van der Waals surface area (Å²) in [7, 11) is 0. The average Bonchev–Trinajstić information content (AvgIpc) is 2.65. The van der Waals surface area contributed by atoms with Gasteiger partial charge in [0.05, 0.1) is 6.33 Å². The number of hydrogen-bond donors (Lipinski definition) is 0. The zero-order valence-corrected chi connectivity index (χ0v) is 10.7. The van der Waals surface area contributed by atoms with Gasteiger partial charge in [-0.15, -0.1) is 0 Å². The first-order valence-electron chi connectivity index (χ1n) is 6.05. The van der Waals surface area contributed by atoms with E-state index in [0.717, 1.165) is 0 Å². The minimum Gasteiger partial charge on any atom is -0.329 e. The largest absolute Gasteiger partial charge is 0.329 e. The second-order valence-electron chi connectivity index (χ2n) is 5.06. The number of aromatic nitrogens is 2. The lowest BCUT2D eigenvalue weighted by Gasteiger charge is -2.29. The van der Waals surface area contributed by atoms with Gasteiger partial charge in [-0.05, 0) is 32.6 Å². The molecule has 0 amide bonds. The van der Waals surface area contributed by atoms with Crippen molar-refractivity contribution in [1.82, 2.24) is 9.55 Å². The van der Waals surface area contributed by atoms with Gasteiger partial charge in [0.25, 0.3) is 0 Å². The van der Waals surface area contributed by atoms with E-state index in [2.05, 4.69) is 44.2 Å². The highest BCUT2D eigenvalue weighted by Gasteiger charge is 2.22. The summed E-state index contributed by atoms with van der Waals surface area (Å²) in [6.45, 7) is 11.3. The van der Waals surface area contributed by atoms with Crippen LogP contribution in [0.1, 0.15) is 65.5 Å². The first kappa shape index (κ1) is 12.3. The number of imidazole rings is 1. The van der Waals surface area contributed by atoms with Crippen LogP contribution in [0.25, 0.3) is 0 Å². The summed E-state index contributed by atoms with van der Waals surface area (Å²) < 4.78 is 2.35. The molecule has 0 aliphatic carbocycles. The van der Waals surface area contributed by atoms with Crippen LogP contribution in [0.4, 0.5) is 0 Å². The van der Waals surface area contributed by atoms with Gasteiger partial charge in [-0.3, -0.25) is 0 Å². The third kappa shape index (κ3) is 2.61. The lowest BCUT2D eigenvalue weighted by atomic mass is 9.96. The van der Waals surface area contributed by atoms with E-state index in [4.69, 9.17) is 0 Å². The SMILES string of the molecule is CCCC(C)(C)n1cncc1C(C)CC. The smallest absolute Gasteiger partial charge is 0.0953 e. The fourth-order valence-electron chi connectivity index (χ4n) is 2.12. The fraction of sp³-hybridized carbons (Fsp3) is 0.769. The van der Waals surface area contributed by atoms with E-state index < -0.39 is 0 Å². The molecule has 0 aliphatic rings. The summed E-state index contributed by atoms with van der Waals surface area (Å²) >= 11 is 0. The van der Waals surface area contributed by atoms with Crippen molar-refractivity contribution in [2.24, 2.45) is 0 Å². The molecule has 2 heteroatoms. The molecule has 0 aliphatic heterocycles. The van der Waals surface area contributed by atoms with E-state index >= 15 is 0 Å². The van der Waals surface area contributed by atoms with Gasteiger partial charge in [0.1, 0.15) is 0 Å². The lowest BCUT2D eigenvalue weighted by Crippen LogP contribution is -2.27. The quantitative estimate of drug-likeness (QED) is 0.717. The first-order valence-corrected chi connectivity index (χ1v) is 6.05. The minimum absolute atomic E-state index is 0.198. The highest BCUT2D eigenvalue weighted by molar-refractivity contribution is 5.08. The molecule has 0 saturated carbocycles. The molecular weight excluding hydrogens is 184 g/mol. The third-order valence-corrected chi connectivity index (χ3v) is 3.30. The van der Waals surface area contributed by atoms with Crippen LogP contribution in [0.3, 0.4) is 0 Å². The predicted molar refractivity (Wildman–Crippen MR) is 65.2 cm³/mol. The molecule has 1 aromatic heterocycles. The molecule has 1 aromatic rings. The van der Waals surface area contributed by atoms with Crippen LogP contribution in [0.2, 0.25) is 0 Å². The molecule has 0 N–H and O–H groups in total. The molecule has 0 spiro atoms. The van der Waals surface area contributed by atoms with Crippen molar-refractivity contribution in [3.05, 3.63) is 18.2 Å². The van der Waals surface area contributed by atoms with Crippen LogP contribution in [0.15, 0.2) is 12.5 Å². The van der Waals surface area contributed by atoms with Crippen LogP contribution >= 0.6 is 0 Å². The summed E-state index contributed by atoms with van der Waals surface area (Å²) in [5.74, 6) is 0.601.